The normalized spacial score (nSPS) is 25.8. The summed E-state index contributed by atoms with van der Waals surface area (Å²) >= 11 is 0. The summed E-state index contributed by atoms with van der Waals surface area (Å²) in [5.74, 6) is -0.756. The van der Waals surface area contributed by atoms with Crippen molar-refractivity contribution in [1.82, 2.24) is 0 Å². The Kier molecular flexibility index (Phi) is 2.68. The predicted octanol–water partition coefficient (Wildman–Crippen LogP) is 2.53. The number of ether oxygens (including phenoxy) is 1. The van der Waals surface area contributed by atoms with Crippen LogP contribution in [-0.2, 0) is 9.53 Å². The summed E-state index contributed by atoms with van der Waals surface area (Å²) in [6.07, 6.45) is 1.04. The van der Waals surface area contributed by atoms with Gasteiger partial charge in [-0.25, -0.2) is 0 Å². The SMILES string of the molecule is N#CC1C(=N)OC2=C(CCC2=O)[C@H]1c1ccccc1. The van der Waals surface area contributed by atoms with Crippen molar-refractivity contribution in [3.05, 3.63) is 47.2 Å². The summed E-state index contributed by atoms with van der Waals surface area (Å²) in [6.45, 7) is 0. The van der Waals surface area contributed by atoms with Crippen molar-refractivity contribution >= 4 is 11.7 Å². The largest absolute Gasteiger partial charge is 0.438 e. The topological polar surface area (TPSA) is 73.9 Å². The Morgan fingerprint density at radius 3 is 2.68 bits per heavy atom. The minimum Gasteiger partial charge on any atom is -0.438 e. The Morgan fingerprint density at radius 1 is 1.26 bits per heavy atom. The number of rotatable bonds is 1. The molecule has 1 aromatic carbocycles. The molecule has 1 heterocycles. The molecule has 0 bridgehead atoms. The van der Waals surface area contributed by atoms with Gasteiger partial charge in [0.2, 0.25) is 5.90 Å². The molecule has 0 aromatic heterocycles. The van der Waals surface area contributed by atoms with Crippen LogP contribution in [-0.4, -0.2) is 11.7 Å². The van der Waals surface area contributed by atoms with Crippen molar-refractivity contribution in [2.45, 2.75) is 18.8 Å². The molecule has 1 N–H and O–H groups in total. The van der Waals surface area contributed by atoms with Gasteiger partial charge in [-0.15, -0.1) is 0 Å². The third-order valence-corrected chi connectivity index (χ3v) is 3.67. The van der Waals surface area contributed by atoms with E-state index in [0.717, 1.165) is 11.1 Å². The van der Waals surface area contributed by atoms with Crippen LogP contribution in [0.25, 0.3) is 0 Å². The summed E-state index contributed by atoms with van der Waals surface area (Å²) in [5.41, 5.74) is 1.84. The second kappa shape index (κ2) is 4.36. The molecular weight excluding hydrogens is 240 g/mol. The van der Waals surface area contributed by atoms with Gasteiger partial charge in [0.05, 0.1) is 6.07 Å². The van der Waals surface area contributed by atoms with E-state index < -0.39 is 5.92 Å². The molecule has 2 atom stereocenters. The highest BCUT2D eigenvalue weighted by molar-refractivity contribution is 6.01. The molecule has 1 aliphatic heterocycles. The molecule has 0 radical (unpaired) electrons. The number of benzene rings is 1. The van der Waals surface area contributed by atoms with Crippen LogP contribution in [0.4, 0.5) is 0 Å². The number of nitriles is 1. The zero-order valence-electron chi connectivity index (χ0n) is 10.2. The van der Waals surface area contributed by atoms with Gasteiger partial charge in [-0.1, -0.05) is 30.3 Å². The number of Topliss-reactive ketones (excluding diaryl/α,β-unsaturated/α-hetero) is 1. The molecular formula is C15H12N2O2. The van der Waals surface area contributed by atoms with Crippen molar-refractivity contribution in [2.75, 3.05) is 0 Å². The number of carbonyl (C=O) groups is 1. The monoisotopic (exact) mass is 252 g/mol. The lowest BCUT2D eigenvalue weighted by molar-refractivity contribution is -0.117. The maximum absolute atomic E-state index is 11.8. The number of carbonyl (C=O) groups excluding carboxylic acids is 1. The molecule has 0 amide bonds. The van der Waals surface area contributed by atoms with E-state index in [1.165, 1.54) is 0 Å². The Labute approximate surface area is 110 Å². The smallest absolute Gasteiger partial charge is 0.205 e. The molecule has 1 unspecified atom stereocenters. The van der Waals surface area contributed by atoms with Gasteiger partial charge in [0.1, 0.15) is 5.92 Å². The van der Waals surface area contributed by atoms with Crippen LogP contribution in [0, 0.1) is 22.7 Å². The Hall–Kier alpha value is -2.41. The van der Waals surface area contributed by atoms with Crippen LogP contribution < -0.4 is 0 Å². The molecule has 4 heteroatoms. The number of hydrogen-bond donors (Lipinski definition) is 1. The van der Waals surface area contributed by atoms with Gasteiger partial charge in [-0.05, 0) is 17.6 Å². The number of ketones is 1. The van der Waals surface area contributed by atoms with Gasteiger partial charge in [-0.2, -0.15) is 5.26 Å². The second-order valence-electron chi connectivity index (χ2n) is 4.74. The van der Waals surface area contributed by atoms with Crippen molar-refractivity contribution in [2.24, 2.45) is 5.92 Å². The van der Waals surface area contributed by atoms with E-state index in [1.807, 2.05) is 30.3 Å². The average Bonchev–Trinajstić information content (AvgIpc) is 2.79. The van der Waals surface area contributed by atoms with Gasteiger partial charge in [0.25, 0.3) is 0 Å². The molecule has 0 fully saturated rings. The van der Waals surface area contributed by atoms with Crippen molar-refractivity contribution in [3.8, 4) is 6.07 Å². The standard InChI is InChI=1S/C15H12N2O2/c16-8-11-13(9-4-2-1-3-5-9)10-6-7-12(18)14(10)19-15(11)17/h1-5,11,13,17H,6-7H2/t11?,13-/m1/s1. The zero-order chi connectivity index (χ0) is 13.4. The van der Waals surface area contributed by atoms with E-state index in [1.54, 1.807) is 0 Å². The number of nitrogens with zero attached hydrogens (tertiary/aromatic N) is 1. The van der Waals surface area contributed by atoms with E-state index in [2.05, 4.69) is 6.07 Å². The quantitative estimate of drug-likeness (QED) is 0.834. The predicted molar refractivity (Wildman–Crippen MR) is 68.4 cm³/mol. The van der Waals surface area contributed by atoms with E-state index in [0.29, 0.717) is 18.6 Å². The molecule has 1 aromatic rings. The first-order valence-corrected chi connectivity index (χ1v) is 6.19. The number of nitrogens with one attached hydrogen (secondary N) is 1. The number of allylic oxidation sites excluding steroid dienone is 2. The maximum Gasteiger partial charge on any atom is 0.205 e. The lowest BCUT2D eigenvalue weighted by Gasteiger charge is -2.29. The Bertz CT molecular complexity index is 625. The lowest BCUT2D eigenvalue weighted by atomic mass is 9.79. The van der Waals surface area contributed by atoms with Crippen LogP contribution in [0.3, 0.4) is 0 Å². The van der Waals surface area contributed by atoms with Gasteiger partial charge in [-0.3, -0.25) is 10.2 Å². The minimum atomic E-state index is -0.646. The molecule has 1 aliphatic carbocycles. The third-order valence-electron chi connectivity index (χ3n) is 3.67. The maximum atomic E-state index is 11.8. The zero-order valence-corrected chi connectivity index (χ0v) is 10.2. The van der Waals surface area contributed by atoms with Crippen molar-refractivity contribution in [1.29, 1.82) is 10.7 Å². The molecule has 3 rings (SSSR count). The van der Waals surface area contributed by atoms with E-state index >= 15 is 0 Å². The lowest BCUT2D eigenvalue weighted by Crippen LogP contribution is -2.29. The van der Waals surface area contributed by atoms with Crippen molar-refractivity contribution in [3.63, 3.8) is 0 Å². The molecule has 0 saturated heterocycles. The van der Waals surface area contributed by atoms with E-state index in [9.17, 15) is 10.1 Å². The number of hydrogen-bond acceptors (Lipinski definition) is 4. The Morgan fingerprint density at radius 2 is 2.00 bits per heavy atom. The third kappa shape index (κ3) is 1.75. The van der Waals surface area contributed by atoms with E-state index in [4.69, 9.17) is 10.1 Å². The van der Waals surface area contributed by atoms with Gasteiger partial charge >= 0.3 is 0 Å². The molecule has 0 saturated carbocycles. The molecule has 0 spiro atoms. The van der Waals surface area contributed by atoms with Gasteiger partial charge in [0.15, 0.2) is 11.5 Å². The van der Waals surface area contributed by atoms with Crippen LogP contribution in [0.2, 0.25) is 0 Å². The first-order valence-electron chi connectivity index (χ1n) is 6.19. The van der Waals surface area contributed by atoms with Gasteiger partial charge < -0.3 is 4.74 Å². The summed E-state index contributed by atoms with van der Waals surface area (Å²) in [7, 11) is 0. The van der Waals surface area contributed by atoms with E-state index in [-0.39, 0.29) is 17.6 Å². The highest BCUT2D eigenvalue weighted by Gasteiger charge is 2.42. The fourth-order valence-corrected chi connectivity index (χ4v) is 2.79. The van der Waals surface area contributed by atoms with Gasteiger partial charge in [0, 0.05) is 12.3 Å². The summed E-state index contributed by atoms with van der Waals surface area (Å²) < 4.78 is 5.27. The van der Waals surface area contributed by atoms with Crippen molar-refractivity contribution < 1.29 is 9.53 Å². The summed E-state index contributed by atoms with van der Waals surface area (Å²) in [4.78, 5) is 11.8. The molecule has 2 aliphatic rings. The highest BCUT2D eigenvalue weighted by atomic mass is 16.5. The summed E-state index contributed by atoms with van der Waals surface area (Å²) in [5, 5.41) is 17.1. The average molecular weight is 252 g/mol. The molecule has 4 nitrogen and oxygen atoms in total. The molecule has 19 heavy (non-hydrogen) atoms. The summed E-state index contributed by atoms with van der Waals surface area (Å²) in [6, 6.07) is 11.7. The first kappa shape index (κ1) is 11.7. The van der Waals surface area contributed by atoms with Crippen LogP contribution in [0.5, 0.6) is 0 Å². The first-order chi connectivity index (χ1) is 9.22. The fraction of sp³-hybridized carbons (Fsp3) is 0.267. The van der Waals surface area contributed by atoms with Crippen LogP contribution in [0.1, 0.15) is 24.3 Å². The molecule has 94 valence electrons. The van der Waals surface area contributed by atoms with Crippen LogP contribution >= 0.6 is 0 Å². The second-order valence-corrected chi connectivity index (χ2v) is 4.74. The highest BCUT2D eigenvalue weighted by Crippen LogP contribution is 2.44. The van der Waals surface area contributed by atoms with Crippen LogP contribution in [0.15, 0.2) is 41.7 Å². The minimum absolute atomic E-state index is 0.0583. The fourth-order valence-electron chi connectivity index (χ4n) is 2.79. The Balaban J connectivity index is 2.14.